The van der Waals surface area contributed by atoms with Crippen molar-refractivity contribution < 1.29 is 4.39 Å². The van der Waals surface area contributed by atoms with E-state index in [4.69, 9.17) is 10.7 Å². The number of benzene rings is 1. The van der Waals surface area contributed by atoms with Crippen molar-refractivity contribution >= 4 is 11.5 Å². The van der Waals surface area contributed by atoms with E-state index in [1.54, 1.807) is 0 Å². The van der Waals surface area contributed by atoms with Crippen molar-refractivity contribution in [2.75, 3.05) is 23.7 Å². The Hall–Kier alpha value is -2.66. The normalized spacial score (nSPS) is 18.8. The quantitative estimate of drug-likeness (QED) is 0.355. The molecule has 0 bridgehead atoms. The first-order chi connectivity index (χ1) is 15.9. The standard InChI is InChI=1S/C28H39FN4/c1-5-22-18-32-28(33-23-12-10-21(16-30)11-13-23)15-26(22)25-8-7-9-27(24(25)6-2)31-17-19(3)14-20(4)29/h7-9,14-15,18,21,23,31H,3,5-6,10-13,16-17,30H2,1-2,4H3,(H,32,33). The van der Waals surface area contributed by atoms with Gasteiger partial charge in [0, 0.05) is 24.5 Å². The van der Waals surface area contributed by atoms with E-state index in [0.717, 1.165) is 49.3 Å². The third kappa shape index (κ3) is 6.67. The molecular weight excluding hydrogens is 411 g/mol. The zero-order chi connectivity index (χ0) is 23.8. The van der Waals surface area contributed by atoms with E-state index >= 15 is 0 Å². The highest BCUT2D eigenvalue weighted by Crippen LogP contribution is 2.34. The number of hydrogen-bond acceptors (Lipinski definition) is 4. The van der Waals surface area contributed by atoms with Crippen LogP contribution in [-0.2, 0) is 12.8 Å². The molecule has 0 spiro atoms. The molecule has 0 radical (unpaired) electrons. The molecule has 178 valence electrons. The van der Waals surface area contributed by atoms with Crippen molar-refractivity contribution in [3.8, 4) is 11.1 Å². The first-order valence-electron chi connectivity index (χ1n) is 12.3. The number of rotatable bonds is 10. The number of halogens is 1. The number of anilines is 2. The summed E-state index contributed by atoms with van der Waals surface area (Å²) in [7, 11) is 0. The average Bonchev–Trinajstić information content (AvgIpc) is 2.82. The average molecular weight is 451 g/mol. The maximum atomic E-state index is 13.2. The fourth-order valence-corrected chi connectivity index (χ4v) is 4.77. The van der Waals surface area contributed by atoms with Gasteiger partial charge >= 0.3 is 0 Å². The minimum absolute atomic E-state index is 0.229. The van der Waals surface area contributed by atoms with Crippen molar-refractivity contribution in [3.05, 3.63) is 65.6 Å². The topological polar surface area (TPSA) is 63.0 Å². The number of pyridine rings is 1. The predicted octanol–water partition coefficient (Wildman–Crippen LogP) is 6.64. The lowest BCUT2D eigenvalue weighted by atomic mass is 9.86. The molecular formula is C28H39FN4. The minimum atomic E-state index is -0.229. The Kier molecular flexibility index (Phi) is 9.07. The number of nitrogens with one attached hydrogen (secondary N) is 2. The molecule has 33 heavy (non-hydrogen) atoms. The largest absolute Gasteiger partial charge is 0.381 e. The van der Waals surface area contributed by atoms with Gasteiger partial charge in [0.15, 0.2) is 0 Å². The summed E-state index contributed by atoms with van der Waals surface area (Å²) in [4.78, 5) is 4.73. The van der Waals surface area contributed by atoms with Gasteiger partial charge in [-0.2, -0.15) is 0 Å². The number of nitrogens with zero attached hydrogens (tertiary/aromatic N) is 1. The molecule has 1 aliphatic rings. The van der Waals surface area contributed by atoms with Gasteiger partial charge in [0.25, 0.3) is 0 Å². The highest BCUT2D eigenvalue weighted by molar-refractivity contribution is 5.78. The number of nitrogens with two attached hydrogens (primary N) is 1. The zero-order valence-corrected chi connectivity index (χ0v) is 20.4. The molecule has 0 unspecified atom stereocenters. The van der Waals surface area contributed by atoms with Crippen LogP contribution in [0.15, 0.2) is 54.5 Å². The number of aryl methyl sites for hydroxylation is 1. The summed E-state index contributed by atoms with van der Waals surface area (Å²) in [6.07, 6.45) is 9.95. The predicted molar refractivity (Wildman–Crippen MR) is 139 cm³/mol. The van der Waals surface area contributed by atoms with Crippen LogP contribution in [0, 0.1) is 5.92 Å². The first-order valence-corrected chi connectivity index (χ1v) is 12.3. The summed E-state index contributed by atoms with van der Waals surface area (Å²) < 4.78 is 13.2. The molecule has 0 amide bonds. The van der Waals surface area contributed by atoms with E-state index in [1.807, 2.05) is 6.20 Å². The van der Waals surface area contributed by atoms with Gasteiger partial charge in [-0.15, -0.1) is 0 Å². The van der Waals surface area contributed by atoms with Crippen LogP contribution in [-0.4, -0.2) is 24.1 Å². The van der Waals surface area contributed by atoms with Gasteiger partial charge in [-0.1, -0.05) is 32.6 Å². The van der Waals surface area contributed by atoms with Gasteiger partial charge in [-0.3, -0.25) is 0 Å². The number of hydrogen-bond donors (Lipinski definition) is 3. The number of aromatic nitrogens is 1. The molecule has 4 nitrogen and oxygen atoms in total. The Labute approximate surface area is 198 Å². The third-order valence-electron chi connectivity index (χ3n) is 6.63. The van der Waals surface area contributed by atoms with Gasteiger partial charge in [0.05, 0.1) is 5.83 Å². The molecule has 4 N–H and O–H groups in total. The van der Waals surface area contributed by atoms with Gasteiger partial charge in [0.1, 0.15) is 5.82 Å². The van der Waals surface area contributed by atoms with E-state index in [0.29, 0.717) is 18.5 Å². The second kappa shape index (κ2) is 12.0. The summed E-state index contributed by atoms with van der Waals surface area (Å²) in [5, 5.41) is 7.13. The molecule has 1 aromatic carbocycles. The van der Waals surface area contributed by atoms with Crippen LogP contribution >= 0.6 is 0 Å². The molecule has 0 saturated heterocycles. The van der Waals surface area contributed by atoms with Crippen LogP contribution in [0.2, 0.25) is 0 Å². The molecule has 1 heterocycles. The minimum Gasteiger partial charge on any atom is -0.381 e. The SMILES string of the molecule is C=C(C=C(C)F)CNc1cccc(-c2cc(NC3CCC(CN)CC3)ncc2CC)c1CC. The van der Waals surface area contributed by atoms with E-state index in [1.165, 1.54) is 48.1 Å². The molecule has 1 aliphatic carbocycles. The molecule has 2 aromatic rings. The summed E-state index contributed by atoms with van der Waals surface area (Å²) in [6.45, 7) is 11.0. The Morgan fingerprint density at radius 3 is 2.58 bits per heavy atom. The lowest BCUT2D eigenvalue weighted by molar-refractivity contribution is 0.344. The van der Waals surface area contributed by atoms with Crippen LogP contribution in [0.3, 0.4) is 0 Å². The van der Waals surface area contributed by atoms with Crippen LogP contribution in [0.25, 0.3) is 11.1 Å². The Morgan fingerprint density at radius 1 is 1.18 bits per heavy atom. The summed E-state index contributed by atoms with van der Waals surface area (Å²) in [6, 6.07) is 9.02. The van der Waals surface area contributed by atoms with Gasteiger partial charge in [0.2, 0.25) is 0 Å². The molecule has 1 aromatic heterocycles. The third-order valence-corrected chi connectivity index (χ3v) is 6.63. The van der Waals surface area contributed by atoms with Crippen molar-refractivity contribution in [1.29, 1.82) is 0 Å². The maximum absolute atomic E-state index is 13.2. The molecule has 0 aliphatic heterocycles. The van der Waals surface area contributed by atoms with Crippen LogP contribution in [0.1, 0.15) is 57.6 Å². The maximum Gasteiger partial charge on any atom is 0.126 e. The van der Waals surface area contributed by atoms with Crippen molar-refractivity contribution in [2.24, 2.45) is 11.7 Å². The summed E-state index contributed by atoms with van der Waals surface area (Å²) >= 11 is 0. The summed E-state index contributed by atoms with van der Waals surface area (Å²) in [5.74, 6) is 1.37. The fourth-order valence-electron chi connectivity index (χ4n) is 4.77. The zero-order valence-electron chi connectivity index (χ0n) is 20.4. The first kappa shape index (κ1) is 25.0. The highest BCUT2D eigenvalue weighted by atomic mass is 19.1. The number of allylic oxidation sites excluding steroid dienone is 1. The molecule has 5 heteroatoms. The molecule has 1 fully saturated rings. The second-order valence-corrected chi connectivity index (χ2v) is 9.11. The summed E-state index contributed by atoms with van der Waals surface area (Å²) in [5.41, 5.74) is 12.6. The van der Waals surface area contributed by atoms with Crippen LogP contribution < -0.4 is 16.4 Å². The lowest BCUT2D eigenvalue weighted by Crippen LogP contribution is -2.29. The van der Waals surface area contributed by atoms with Gasteiger partial charge in [-0.25, -0.2) is 9.37 Å². The van der Waals surface area contributed by atoms with Gasteiger partial charge in [-0.05, 0) is 104 Å². The van der Waals surface area contributed by atoms with Gasteiger partial charge < -0.3 is 16.4 Å². The van der Waals surface area contributed by atoms with Crippen LogP contribution in [0.5, 0.6) is 0 Å². The monoisotopic (exact) mass is 450 g/mol. The van der Waals surface area contributed by atoms with E-state index in [9.17, 15) is 4.39 Å². The second-order valence-electron chi connectivity index (χ2n) is 9.11. The van der Waals surface area contributed by atoms with Crippen LogP contribution in [0.4, 0.5) is 15.9 Å². The Morgan fingerprint density at radius 2 is 1.94 bits per heavy atom. The Balaban J connectivity index is 1.85. The molecule has 1 saturated carbocycles. The molecule has 3 rings (SSSR count). The lowest BCUT2D eigenvalue weighted by Gasteiger charge is -2.29. The van der Waals surface area contributed by atoms with E-state index in [2.05, 4.69) is 55.3 Å². The molecule has 0 atom stereocenters. The highest BCUT2D eigenvalue weighted by Gasteiger charge is 2.21. The smallest absolute Gasteiger partial charge is 0.126 e. The Bertz CT molecular complexity index is 970. The van der Waals surface area contributed by atoms with E-state index in [-0.39, 0.29) is 5.83 Å². The van der Waals surface area contributed by atoms with Crippen molar-refractivity contribution in [2.45, 2.75) is 65.3 Å². The van der Waals surface area contributed by atoms with Crippen molar-refractivity contribution in [1.82, 2.24) is 4.98 Å². The van der Waals surface area contributed by atoms with Crippen molar-refractivity contribution in [3.63, 3.8) is 0 Å². The fraction of sp³-hybridized carbons (Fsp3) is 0.464. The van der Waals surface area contributed by atoms with E-state index < -0.39 is 0 Å².